The van der Waals surface area contributed by atoms with Crippen molar-refractivity contribution in [1.82, 2.24) is 55.1 Å². The third-order valence-electron chi connectivity index (χ3n) is 10.1. The number of urea groups is 2. The van der Waals surface area contributed by atoms with E-state index in [0.29, 0.717) is 41.6 Å². The first-order chi connectivity index (χ1) is 27.6. The molecule has 0 spiro atoms. The highest BCUT2D eigenvalue weighted by atomic mass is 16.5. The number of carbonyl (C=O) groups excluding carboxylic acids is 2. The van der Waals surface area contributed by atoms with Crippen LogP contribution in [0.1, 0.15) is 23.2 Å². The highest BCUT2D eigenvalue weighted by Gasteiger charge is 2.32. The van der Waals surface area contributed by atoms with Crippen molar-refractivity contribution in [2.45, 2.75) is 12.1 Å². The predicted molar refractivity (Wildman–Crippen MR) is 206 cm³/mol. The van der Waals surface area contributed by atoms with Crippen molar-refractivity contribution in [2.24, 2.45) is 0 Å². The second kappa shape index (κ2) is 13.5. The quantitative estimate of drug-likeness (QED) is 0.112. The number of pyridine rings is 2. The molecule has 0 radical (unpaired) electrons. The van der Waals surface area contributed by atoms with Crippen LogP contribution in [-0.2, 0) is 0 Å². The van der Waals surface area contributed by atoms with Gasteiger partial charge in [0.05, 0.1) is 84.2 Å². The van der Waals surface area contributed by atoms with E-state index in [0.717, 1.165) is 50.5 Å². The smallest absolute Gasteiger partial charge is 0.319 e. The molecule has 10 rings (SSSR count). The highest BCUT2D eigenvalue weighted by Crippen LogP contribution is 2.45. The van der Waals surface area contributed by atoms with E-state index < -0.39 is 0 Å². The first-order valence-corrected chi connectivity index (χ1v) is 17.8. The molecule has 0 bridgehead atoms. The second-order valence-electron chi connectivity index (χ2n) is 13.4. The van der Waals surface area contributed by atoms with E-state index in [1.165, 1.54) is 0 Å². The molecule has 6 aromatic heterocycles. The lowest BCUT2D eigenvalue weighted by Gasteiger charge is -2.16. The molecule has 2 aliphatic heterocycles. The number of benzene rings is 2. The Labute approximate surface area is 318 Å². The van der Waals surface area contributed by atoms with Crippen LogP contribution in [0, 0.1) is 0 Å². The molecule has 0 aliphatic carbocycles. The highest BCUT2D eigenvalue weighted by molar-refractivity contribution is 5.91. The molecule has 56 heavy (non-hydrogen) atoms. The maximum Gasteiger partial charge on any atom is 0.319 e. The summed E-state index contributed by atoms with van der Waals surface area (Å²) in [5.41, 5.74) is 10.9. The molecule has 2 atom stereocenters. The monoisotopic (exact) mass is 741 g/mol. The Morgan fingerprint density at radius 2 is 1.34 bits per heavy atom. The summed E-state index contributed by atoms with van der Waals surface area (Å²) < 4.78 is 9.89. The molecule has 8 heterocycles. The minimum absolute atomic E-state index is 0.0438. The first-order valence-electron chi connectivity index (χ1n) is 17.8. The van der Waals surface area contributed by atoms with Crippen LogP contribution in [0.5, 0.6) is 0 Å². The second-order valence-corrected chi connectivity index (χ2v) is 13.4. The number of rotatable bonds is 9. The molecule has 0 saturated carbocycles. The Hall–Kier alpha value is -7.88. The van der Waals surface area contributed by atoms with Crippen molar-refractivity contribution < 1.29 is 14.1 Å². The van der Waals surface area contributed by atoms with Gasteiger partial charge in [-0.3, -0.25) is 15.1 Å². The summed E-state index contributed by atoms with van der Waals surface area (Å²) in [6.45, 7) is 0.717. The fraction of sp³-hybridized carbons (Fsp3) is 0.100. The molecule has 16 nitrogen and oxygen atoms in total. The maximum absolute atomic E-state index is 12.9. The van der Waals surface area contributed by atoms with E-state index in [-0.39, 0.29) is 24.1 Å². The summed E-state index contributed by atoms with van der Waals surface area (Å²) in [4.78, 5) is 43.5. The third kappa shape index (κ3) is 5.81. The number of fused-ring (bicyclic) bond motifs is 6. The normalized spacial score (nSPS) is 14.7. The van der Waals surface area contributed by atoms with E-state index in [2.05, 4.69) is 73.3 Å². The fourth-order valence-electron chi connectivity index (χ4n) is 7.49. The average molecular weight is 742 g/mol. The Bertz CT molecular complexity index is 2710. The summed E-state index contributed by atoms with van der Waals surface area (Å²) in [5.74, 6) is 0.471. The Balaban J connectivity index is 0.794. The van der Waals surface area contributed by atoms with Crippen LogP contribution in [-0.4, -0.2) is 69.6 Å². The molecule has 0 saturated heterocycles. The van der Waals surface area contributed by atoms with Crippen LogP contribution in [0.2, 0.25) is 0 Å². The van der Waals surface area contributed by atoms with Gasteiger partial charge in [0.2, 0.25) is 0 Å². The average Bonchev–Trinajstić information content (AvgIpc) is 4.08. The van der Waals surface area contributed by atoms with E-state index in [1.807, 2.05) is 59.4 Å². The van der Waals surface area contributed by atoms with Crippen molar-refractivity contribution in [3.05, 3.63) is 134 Å². The number of nitrogens with one attached hydrogen (secondary N) is 5. The van der Waals surface area contributed by atoms with E-state index in [9.17, 15) is 9.59 Å². The minimum atomic E-state index is -0.353. The molecule has 274 valence electrons. The predicted octanol–water partition coefficient (Wildman–Crippen LogP) is 6.36. The van der Waals surface area contributed by atoms with Gasteiger partial charge in [0.1, 0.15) is 11.4 Å². The summed E-state index contributed by atoms with van der Waals surface area (Å²) in [7, 11) is 0. The van der Waals surface area contributed by atoms with Gasteiger partial charge < -0.3 is 34.9 Å². The van der Waals surface area contributed by atoms with E-state index in [1.54, 1.807) is 55.6 Å². The van der Waals surface area contributed by atoms with Crippen LogP contribution in [0.4, 0.5) is 21.0 Å². The van der Waals surface area contributed by atoms with Gasteiger partial charge in [-0.2, -0.15) is 5.10 Å². The van der Waals surface area contributed by atoms with Crippen LogP contribution in [0.25, 0.3) is 56.5 Å². The van der Waals surface area contributed by atoms with Crippen molar-refractivity contribution in [1.29, 1.82) is 0 Å². The van der Waals surface area contributed by atoms with Crippen LogP contribution < -0.4 is 21.3 Å². The summed E-state index contributed by atoms with van der Waals surface area (Å²) in [6.07, 6.45) is 13.8. The van der Waals surface area contributed by atoms with Gasteiger partial charge in [-0.05, 0) is 35.4 Å². The first kappa shape index (κ1) is 32.7. The van der Waals surface area contributed by atoms with Crippen LogP contribution in [0.3, 0.4) is 0 Å². The van der Waals surface area contributed by atoms with Gasteiger partial charge in [-0.25, -0.2) is 19.6 Å². The summed E-state index contributed by atoms with van der Waals surface area (Å²) in [5, 5.41) is 22.8. The molecule has 5 N–H and O–H groups in total. The molecular weight excluding hydrogens is 711 g/mol. The molecule has 2 aliphatic rings. The number of hydrogen-bond acceptors (Lipinski definition) is 9. The number of H-pyrrole nitrogens is 1. The number of anilines is 2. The van der Waals surface area contributed by atoms with Crippen molar-refractivity contribution >= 4 is 23.4 Å². The van der Waals surface area contributed by atoms with Crippen LogP contribution in [0.15, 0.2) is 127 Å². The number of imidazole rings is 2. The van der Waals surface area contributed by atoms with Gasteiger partial charge in [0, 0.05) is 47.6 Å². The Kier molecular flexibility index (Phi) is 7.90. The van der Waals surface area contributed by atoms with Crippen LogP contribution >= 0.6 is 0 Å². The molecule has 16 heteroatoms. The number of amides is 4. The lowest BCUT2D eigenvalue weighted by Crippen LogP contribution is -2.33. The molecule has 2 aromatic carbocycles. The SMILES string of the molecule is O=C(NCC1c2ccccc2-c2cncn21)Nc1ccc(-c2cc(-c3cccc4c3-c3cncn3C4CNC(=O)Nc3ccc(-c4cn[nH]c4)nc3)no2)nc1. The zero-order valence-electron chi connectivity index (χ0n) is 29.4. The molecule has 0 fully saturated rings. The van der Waals surface area contributed by atoms with Gasteiger partial charge in [-0.1, -0.05) is 47.6 Å². The fourth-order valence-corrected chi connectivity index (χ4v) is 7.49. The lowest BCUT2D eigenvalue weighted by atomic mass is 9.95. The molecular formula is C40H31N13O3. The Morgan fingerprint density at radius 3 is 2.05 bits per heavy atom. The van der Waals surface area contributed by atoms with Gasteiger partial charge in [0.25, 0.3) is 0 Å². The number of nitrogens with zero attached hydrogens (tertiary/aromatic N) is 8. The standard InChI is InChI=1S/C40H31N13O3/c54-39(45-19-34-27-5-2-1-4-26(27)33-17-41-21-52(33)34)50-25-9-11-31(44-16-25)37-12-32(51-56-37)28-6-3-7-29-35(53-22-42-18-36(53)38(28)29)20-46-40(55)49-24-8-10-30(43-15-24)23-13-47-48-14-23/h1-18,21-22,34-35H,19-20H2,(H,47,48)(H2,45,50,54)(H2,46,49,55). The summed E-state index contributed by atoms with van der Waals surface area (Å²) in [6, 6.07) is 22.2. The summed E-state index contributed by atoms with van der Waals surface area (Å²) >= 11 is 0. The minimum Gasteiger partial charge on any atom is -0.354 e. The number of hydrogen-bond donors (Lipinski definition) is 5. The van der Waals surface area contributed by atoms with Gasteiger partial charge in [0.15, 0.2) is 5.76 Å². The van der Waals surface area contributed by atoms with Crippen molar-refractivity contribution in [3.8, 4) is 56.5 Å². The van der Waals surface area contributed by atoms with E-state index >= 15 is 0 Å². The zero-order chi connectivity index (χ0) is 37.6. The molecule has 2 unspecified atom stereocenters. The molecule has 4 amide bonds. The number of aromatic nitrogens is 9. The van der Waals surface area contributed by atoms with Gasteiger partial charge >= 0.3 is 12.1 Å². The van der Waals surface area contributed by atoms with Gasteiger partial charge in [-0.15, -0.1) is 0 Å². The topological polar surface area (TPSA) is 198 Å². The Morgan fingerprint density at radius 1 is 0.679 bits per heavy atom. The zero-order valence-corrected chi connectivity index (χ0v) is 29.4. The van der Waals surface area contributed by atoms with Crippen molar-refractivity contribution in [3.63, 3.8) is 0 Å². The van der Waals surface area contributed by atoms with E-state index in [4.69, 9.17) is 4.52 Å². The van der Waals surface area contributed by atoms with Crippen molar-refractivity contribution in [2.75, 3.05) is 23.7 Å². The number of carbonyl (C=O) groups is 2. The third-order valence-corrected chi connectivity index (χ3v) is 10.1. The largest absolute Gasteiger partial charge is 0.354 e. The molecule has 8 aromatic rings. The maximum atomic E-state index is 12.9. The number of aromatic amines is 1. The lowest BCUT2D eigenvalue weighted by molar-refractivity contribution is 0.250.